The van der Waals surface area contributed by atoms with Crippen molar-refractivity contribution in [2.24, 2.45) is 5.73 Å². The molecule has 0 unspecified atom stereocenters. The Labute approximate surface area is 91.0 Å². The van der Waals surface area contributed by atoms with E-state index in [1.54, 1.807) is 0 Å². The quantitative estimate of drug-likeness (QED) is 0.858. The van der Waals surface area contributed by atoms with E-state index in [0.717, 1.165) is 6.07 Å². The molecule has 1 nitrogen and oxygen atoms in total. The van der Waals surface area contributed by atoms with Crippen LogP contribution in [0.5, 0.6) is 0 Å². The van der Waals surface area contributed by atoms with E-state index in [1.807, 2.05) is 0 Å². The topological polar surface area (TPSA) is 26.0 Å². The number of hydrogen-bond donors (Lipinski definition) is 1. The lowest BCUT2D eigenvalue weighted by molar-refractivity contribution is -0.138. The van der Waals surface area contributed by atoms with Gasteiger partial charge in [-0.15, -0.1) is 0 Å². The first-order valence-corrected chi connectivity index (χ1v) is 4.88. The van der Waals surface area contributed by atoms with E-state index >= 15 is 0 Å². The summed E-state index contributed by atoms with van der Waals surface area (Å²) in [6, 6.07) is 3.82. The van der Waals surface area contributed by atoms with Crippen LogP contribution in [0.4, 0.5) is 13.2 Å². The number of alkyl halides is 3. The summed E-state index contributed by atoms with van der Waals surface area (Å²) in [4.78, 5) is 0. The van der Waals surface area contributed by atoms with Crippen LogP contribution in [0.25, 0.3) is 0 Å². The zero-order chi connectivity index (χ0) is 11.5. The van der Waals surface area contributed by atoms with Gasteiger partial charge in [-0.25, -0.2) is 0 Å². The molecule has 0 radical (unpaired) electrons. The Hall–Kier alpha value is -0.740. The normalized spacial score (nSPS) is 11.8. The minimum atomic E-state index is -4.35. The molecule has 84 valence electrons. The Morgan fingerprint density at radius 2 is 1.93 bits per heavy atom. The Morgan fingerprint density at radius 3 is 2.47 bits per heavy atom. The molecule has 0 bridgehead atoms. The summed E-state index contributed by atoms with van der Waals surface area (Å²) in [5.41, 5.74) is 4.84. The van der Waals surface area contributed by atoms with Gasteiger partial charge < -0.3 is 5.73 Å². The maximum atomic E-state index is 12.6. The van der Waals surface area contributed by atoms with Gasteiger partial charge in [0.15, 0.2) is 0 Å². The molecule has 0 heterocycles. The molecule has 1 aromatic carbocycles. The molecule has 0 fully saturated rings. The summed E-state index contributed by atoms with van der Waals surface area (Å²) in [6.45, 7) is 0.375. The predicted molar refractivity (Wildman–Crippen MR) is 53.8 cm³/mol. The molecular weight excluding hydrogens is 227 g/mol. The van der Waals surface area contributed by atoms with Gasteiger partial charge in [-0.05, 0) is 37.1 Å². The molecule has 0 aliphatic rings. The molecule has 2 N–H and O–H groups in total. The van der Waals surface area contributed by atoms with Crippen molar-refractivity contribution in [3.05, 3.63) is 34.3 Å². The minimum absolute atomic E-state index is 0.0961. The SMILES string of the molecule is NCCCc1ccc(Cl)cc1C(F)(F)F. The van der Waals surface area contributed by atoms with E-state index in [9.17, 15) is 13.2 Å². The molecule has 1 aromatic rings. The smallest absolute Gasteiger partial charge is 0.330 e. The maximum Gasteiger partial charge on any atom is 0.416 e. The van der Waals surface area contributed by atoms with Crippen molar-refractivity contribution < 1.29 is 13.2 Å². The van der Waals surface area contributed by atoms with Crippen LogP contribution in [0.15, 0.2) is 18.2 Å². The second kappa shape index (κ2) is 4.86. The molecule has 0 saturated heterocycles. The molecule has 5 heteroatoms. The lowest BCUT2D eigenvalue weighted by Crippen LogP contribution is -2.10. The predicted octanol–water partition coefficient (Wildman–Crippen LogP) is 3.25. The van der Waals surface area contributed by atoms with Gasteiger partial charge in [0.05, 0.1) is 5.56 Å². The van der Waals surface area contributed by atoms with Gasteiger partial charge in [0, 0.05) is 5.02 Å². The van der Waals surface area contributed by atoms with Crippen molar-refractivity contribution in [1.29, 1.82) is 0 Å². The van der Waals surface area contributed by atoms with Gasteiger partial charge in [-0.3, -0.25) is 0 Å². The maximum absolute atomic E-state index is 12.6. The first kappa shape index (κ1) is 12.3. The summed E-state index contributed by atoms with van der Waals surface area (Å²) in [6.07, 6.45) is -3.50. The molecule has 0 atom stereocenters. The fourth-order valence-electron chi connectivity index (χ4n) is 1.32. The van der Waals surface area contributed by atoms with Gasteiger partial charge in [-0.2, -0.15) is 13.2 Å². The molecule has 0 saturated carbocycles. The Morgan fingerprint density at radius 1 is 1.27 bits per heavy atom. The van der Waals surface area contributed by atoms with Gasteiger partial charge in [0.25, 0.3) is 0 Å². The molecule has 15 heavy (non-hydrogen) atoms. The van der Waals surface area contributed by atoms with Crippen molar-refractivity contribution >= 4 is 11.6 Å². The van der Waals surface area contributed by atoms with E-state index in [1.165, 1.54) is 12.1 Å². The first-order chi connectivity index (χ1) is 6.95. The van der Waals surface area contributed by atoms with E-state index in [-0.39, 0.29) is 10.6 Å². The molecule has 0 spiro atoms. The van der Waals surface area contributed by atoms with Crippen LogP contribution in [-0.4, -0.2) is 6.54 Å². The largest absolute Gasteiger partial charge is 0.416 e. The Balaban J connectivity index is 3.04. The Bertz CT molecular complexity index is 336. The van der Waals surface area contributed by atoms with Crippen molar-refractivity contribution in [2.45, 2.75) is 19.0 Å². The average Bonchev–Trinajstić information content (AvgIpc) is 2.14. The summed E-state index contributed by atoms with van der Waals surface area (Å²) >= 11 is 5.53. The second-order valence-electron chi connectivity index (χ2n) is 3.19. The average molecular weight is 238 g/mol. The van der Waals surface area contributed by atoms with Crippen molar-refractivity contribution in [2.75, 3.05) is 6.54 Å². The number of aryl methyl sites for hydroxylation is 1. The lowest BCUT2D eigenvalue weighted by atomic mass is 10.0. The highest BCUT2D eigenvalue weighted by atomic mass is 35.5. The van der Waals surface area contributed by atoms with Crippen LogP contribution in [0.1, 0.15) is 17.5 Å². The third-order valence-corrected chi connectivity index (χ3v) is 2.26. The summed E-state index contributed by atoms with van der Waals surface area (Å²) in [5.74, 6) is 0. The molecule has 0 aliphatic carbocycles. The number of rotatable bonds is 3. The number of halogens is 4. The third kappa shape index (κ3) is 3.39. The number of hydrogen-bond acceptors (Lipinski definition) is 1. The molecule has 1 rings (SSSR count). The Kier molecular flexibility index (Phi) is 3.99. The number of nitrogens with two attached hydrogens (primary N) is 1. The second-order valence-corrected chi connectivity index (χ2v) is 3.63. The molecular formula is C10H11ClF3N. The molecule has 0 amide bonds. The van der Waals surface area contributed by atoms with E-state index in [4.69, 9.17) is 17.3 Å². The first-order valence-electron chi connectivity index (χ1n) is 4.51. The van der Waals surface area contributed by atoms with E-state index in [0.29, 0.717) is 19.4 Å². The minimum Gasteiger partial charge on any atom is -0.330 e. The summed E-state index contributed by atoms with van der Waals surface area (Å²) in [7, 11) is 0. The fraction of sp³-hybridized carbons (Fsp3) is 0.400. The van der Waals surface area contributed by atoms with Gasteiger partial charge >= 0.3 is 6.18 Å². The summed E-state index contributed by atoms with van der Waals surface area (Å²) < 4.78 is 37.7. The van der Waals surface area contributed by atoms with Gasteiger partial charge in [0.2, 0.25) is 0 Å². The molecule has 0 aliphatic heterocycles. The van der Waals surface area contributed by atoms with Crippen LogP contribution in [0.2, 0.25) is 5.02 Å². The van der Waals surface area contributed by atoms with E-state index in [2.05, 4.69) is 0 Å². The van der Waals surface area contributed by atoms with Crippen molar-refractivity contribution in [3.63, 3.8) is 0 Å². The number of benzene rings is 1. The highest BCUT2D eigenvalue weighted by Crippen LogP contribution is 2.34. The standard InChI is InChI=1S/C10H11ClF3N/c11-8-4-3-7(2-1-5-15)9(6-8)10(12,13)14/h3-4,6H,1-2,5,15H2. The van der Waals surface area contributed by atoms with Gasteiger partial charge in [0.1, 0.15) is 0 Å². The van der Waals surface area contributed by atoms with Crippen molar-refractivity contribution in [3.8, 4) is 0 Å². The third-order valence-electron chi connectivity index (χ3n) is 2.03. The zero-order valence-corrected chi connectivity index (χ0v) is 8.70. The summed E-state index contributed by atoms with van der Waals surface area (Å²) in [5, 5.41) is 0.0961. The van der Waals surface area contributed by atoms with Crippen LogP contribution in [0.3, 0.4) is 0 Å². The van der Waals surface area contributed by atoms with Crippen LogP contribution < -0.4 is 5.73 Å². The molecule has 0 aromatic heterocycles. The zero-order valence-electron chi connectivity index (χ0n) is 7.94. The monoisotopic (exact) mass is 237 g/mol. The van der Waals surface area contributed by atoms with Crippen LogP contribution in [-0.2, 0) is 12.6 Å². The van der Waals surface area contributed by atoms with Gasteiger partial charge in [-0.1, -0.05) is 17.7 Å². The van der Waals surface area contributed by atoms with Crippen LogP contribution >= 0.6 is 11.6 Å². The highest BCUT2D eigenvalue weighted by Gasteiger charge is 2.33. The highest BCUT2D eigenvalue weighted by molar-refractivity contribution is 6.30. The van der Waals surface area contributed by atoms with Crippen LogP contribution in [0, 0.1) is 0 Å². The fourth-order valence-corrected chi connectivity index (χ4v) is 1.50. The van der Waals surface area contributed by atoms with Crippen molar-refractivity contribution in [1.82, 2.24) is 0 Å². The lowest BCUT2D eigenvalue weighted by Gasteiger charge is -2.12. The van der Waals surface area contributed by atoms with E-state index < -0.39 is 11.7 Å².